The van der Waals surface area contributed by atoms with Crippen LogP contribution in [0.2, 0.25) is 5.02 Å². The summed E-state index contributed by atoms with van der Waals surface area (Å²) in [5, 5.41) is 5.33. The number of carbonyl (C=O) groups is 1. The molecule has 4 nitrogen and oxygen atoms in total. The fourth-order valence-electron chi connectivity index (χ4n) is 2.26. The lowest BCUT2D eigenvalue weighted by Crippen LogP contribution is -2.34. The quantitative estimate of drug-likeness (QED) is 0.892. The Bertz CT molecular complexity index is 655. The van der Waals surface area contributed by atoms with Crippen LogP contribution in [-0.4, -0.2) is 16.0 Å². The van der Waals surface area contributed by atoms with Crippen molar-refractivity contribution in [3.8, 4) is 0 Å². The summed E-state index contributed by atoms with van der Waals surface area (Å²) in [6.07, 6.45) is 2.39. The maximum atomic E-state index is 11.0. The van der Waals surface area contributed by atoms with Gasteiger partial charge in [-0.15, -0.1) is 0 Å². The minimum Gasteiger partial charge on any atom is -0.370 e. The number of fused-ring (bicyclic) bond motifs is 1. The number of aryl methyl sites for hydroxylation is 1. The Balaban J connectivity index is 2.34. The molecule has 3 N–H and O–H groups in total. The van der Waals surface area contributed by atoms with Gasteiger partial charge >= 0.3 is 0 Å². The number of nitrogens with two attached hydrogens (primary N) is 1. The lowest BCUT2D eigenvalue weighted by molar-refractivity contribution is -0.118. The van der Waals surface area contributed by atoms with Crippen molar-refractivity contribution in [2.45, 2.75) is 45.8 Å². The van der Waals surface area contributed by atoms with E-state index in [2.05, 4.69) is 32.3 Å². The lowest BCUT2D eigenvalue weighted by atomic mass is 10.1. The summed E-state index contributed by atoms with van der Waals surface area (Å²) >= 11 is 6.09. The number of benzene rings is 1. The molecule has 0 aliphatic heterocycles. The van der Waals surface area contributed by atoms with Gasteiger partial charge < -0.3 is 15.6 Å². The average molecular weight is 308 g/mol. The highest BCUT2D eigenvalue weighted by Crippen LogP contribution is 2.25. The fourth-order valence-corrected chi connectivity index (χ4v) is 2.42. The number of halogens is 1. The highest BCUT2D eigenvalue weighted by molar-refractivity contribution is 6.31. The molecule has 114 valence electrons. The largest absolute Gasteiger partial charge is 0.370 e. The zero-order chi connectivity index (χ0) is 15.6. The zero-order valence-corrected chi connectivity index (χ0v) is 13.5. The van der Waals surface area contributed by atoms with Gasteiger partial charge in [0, 0.05) is 47.2 Å². The molecule has 1 amide bonds. The molecule has 0 fully saturated rings. The third kappa shape index (κ3) is 4.22. The Kier molecular flexibility index (Phi) is 4.59. The number of primary amides is 1. The van der Waals surface area contributed by atoms with Crippen molar-refractivity contribution in [1.29, 1.82) is 0 Å². The van der Waals surface area contributed by atoms with Gasteiger partial charge in [-0.2, -0.15) is 0 Å². The minimum atomic E-state index is -0.298. The standard InChI is InChI=1S/C16H22ClN3O/c1-16(2,3)19-9-11-10-20(7-6-15(18)21)14-8-12(17)4-5-13(11)14/h4-5,8,10,19H,6-7,9H2,1-3H3,(H2,18,21). The van der Waals surface area contributed by atoms with E-state index in [9.17, 15) is 4.79 Å². The predicted molar refractivity (Wildman–Crippen MR) is 87.4 cm³/mol. The van der Waals surface area contributed by atoms with Crippen molar-refractivity contribution in [2.24, 2.45) is 5.73 Å². The summed E-state index contributed by atoms with van der Waals surface area (Å²) < 4.78 is 2.05. The number of nitrogens with one attached hydrogen (secondary N) is 1. The van der Waals surface area contributed by atoms with Crippen molar-refractivity contribution in [3.63, 3.8) is 0 Å². The summed E-state index contributed by atoms with van der Waals surface area (Å²) in [4.78, 5) is 11.0. The molecule has 1 heterocycles. The number of amides is 1. The summed E-state index contributed by atoms with van der Waals surface area (Å²) in [6, 6.07) is 5.85. The van der Waals surface area contributed by atoms with Crippen LogP contribution in [0.25, 0.3) is 10.9 Å². The predicted octanol–water partition coefficient (Wildman–Crippen LogP) is 3.06. The second-order valence-electron chi connectivity index (χ2n) is 6.33. The Hall–Kier alpha value is -1.52. The molecular weight excluding hydrogens is 286 g/mol. The lowest BCUT2D eigenvalue weighted by Gasteiger charge is -2.20. The van der Waals surface area contributed by atoms with Gasteiger partial charge in [0.2, 0.25) is 5.91 Å². The second-order valence-corrected chi connectivity index (χ2v) is 6.77. The molecule has 0 aliphatic carbocycles. The van der Waals surface area contributed by atoms with Crippen LogP contribution < -0.4 is 11.1 Å². The molecule has 1 aromatic carbocycles. The fraction of sp³-hybridized carbons (Fsp3) is 0.438. The van der Waals surface area contributed by atoms with Crippen LogP contribution >= 0.6 is 11.6 Å². The topological polar surface area (TPSA) is 60.1 Å². The first-order valence-electron chi connectivity index (χ1n) is 7.07. The maximum Gasteiger partial charge on any atom is 0.219 e. The first-order valence-corrected chi connectivity index (χ1v) is 7.45. The van der Waals surface area contributed by atoms with Crippen LogP contribution in [0.4, 0.5) is 0 Å². The molecule has 0 spiro atoms. The number of aromatic nitrogens is 1. The Morgan fingerprint density at radius 2 is 2.10 bits per heavy atom. The first-order chi connectivity index (χ1) is 9.76. The molecule has 0 unspecified atom stereocenters. The molecule has 2 rings (SSSR count). The minimum absolute atomic E-state index is 0.0497. The van der Waals surface area contributed by atoms with Crippen LogP contribution in [0.5, 0.6) is 0 Å². The molecule has 1 aromatic heterocycles. The molecule has 0 saturated carbocycles. The molecule has 0 aliphatic rings. The summed E-state index contributed by atoms with van der Waals surface area (Å²) in [5.74, 6) is -0.298. The normalized spacial score (nSPS) is 12.0. The molecule has 0 atom stereocenters. The number of hydrogen-bond acceptors (Lipinski definition) is 2. The number of rotatable bonds is 5. The van der Waals surface area contributed by atoms with Gasteiger partial charge in [0.15, 0.2) is 0 Å². The van der Waals surface area contributed by atoms with E-state index in [1.807, 2.05) is 22.8 Å². The molecule has 2 aromatic rings. The number of carbonyl (C=O) groups excluding carboxylic acids is 1. The van der Waals surface area contributed by atoms with E-state index in [-0.39, 0.29) is 11.4 Å². The average Bonchev–Trinajstić information content (AvgIpc) is 2.70. The molecule has 0 radical (unpaired) electrons. The van der Waals surface area contributed by atoms with Gasteiger partial charge in [-0.05, 0) is 38.5 Å². The first kappa shape index (κ1) is 15.9. The smallest absolute Gasteiger partial charge is 0.219 e. The number of nitrogens with zero attached hydrogens (tertiary/aromatic N) is 1. The molecule has 0 bridgehead atoms. The van der Waals surface area contributed by atoms with E-state index in [1.54, 1.807) is 0 Å². The van der Waals surface area contributed by atoms with Crippen LogP contribution in [0.3, 0.4) is 0 Å². The van der Waals surface area contributed by atoms with Gasteiger partial charge in [-0.25, -0.2) is 0 Å². The Labute approximate surface area is 130 Å². The monoisotopic (exact) mass is 307 g/mol. The van der Waals surface area contributed by atoms with E-state index >= 15 is 0 Å². The van der Waals surface area contributed by atoms with Crippen LogP contribution in [0, 0.1) is 0 Å². The van der Waals surface area contributed by atoms with Crippen molar-refractivity contribution >= 4 is 28.4 Å². The third-order valence-electron chi connectivity index (χ3n) is 3.34. The third-order valence-corrected chi connectivity index (χ3v) is 3.57. The number of hydrogen-bond donors (Lipinski definition) is 2. The molecule has 5 heteroatoms. The van der Waals surface area contributed by atoms with Crippen LogP contribution in [0.1, 0.15) is 32.8 Å². The maximum absolute atomic E-state index is 11.0. The van der Waals surface area contributed by atoms with Gasteiger partial charge in [-0.1, -0.05) is 17.7 Å². The molecule has 21 heavy (non-hydrogen) atoms. The summed E-state index contributed by atoms with van der Waals surface area (Å²) in [7, 11) is 0. The van der Waals surface area contributed by atoms with Gasteiger partial charge in [0.05, 0.1) is 0 Å². The van der Waals surface area contributed by atoms with Gasteiger partial charge in [0.1, 0.15) is 0 Å². The van der Waals surface area contributed by atoms with Gasteiger partial charge in [-0.3, -0.25) is 4.79 Å². The van der Waals surface area contributed by atoms with Crippen molar-refractivity contribution in [3.05, 3.63) is 35.0 Å². The van der Waals surface area contributed by atoms with E-state index in [0.717, 1.165) is 17.4 Å². The van der Waals surface area contributed by atoms with Gasteiger partial charge in [0.25, 0.3) is 0 Å². The highest BCUT2D eigenvalue weighted by atomic mass is 35.5. The van der Waals surface area contributed by atoms with Crippen LogP contribution in [-0.2, 0) is 17.9 Å². The molecular formula is C16H22ClN3O. The van der Waals surface area contributed by atoms with E-state index in [0.29, 0.717) is 18.0 Å². The zero-order valence-electron chi connectivity index (χ0n) is 12.7. The molecule has 0 saturated heterocycles. The van der Waals surface area contributed by atoms with Crippen molar-refractivity contribution in [2.75, 3.05) is 0 Å². The van der Waals surface area contributed by atoms with E-state index < -0.39 is 0 Å². The summed E-state index contributed by atoms with van der Waals surface area (Å²) in [6.45, 7) is 7.75. The van der Waals surface area contributed by atoms with E-state index in [4.69, 9.17) is 17.3 Å². The highest BCUT2D eigenvalue weighted by Gasteiger charge is 2.13. The van der Waals surface area contributed by atoms with Crippen molar-refractivity contribution < 1.29 is 4.79 Å². The summed E-state index contributed by atoms with van der Waals surface area (Å²) in [5.41, 5.74) is 7.53. The Morgan fingerprint density at radius 1 is 1.38 bits per heavy atom. The Morgan fingerprint density at radius 3 is 2.71 bits per heavy atom. The van der Waals surface area contributed by atoms with E-state index in [1.165, 1.54) is 5.56 Å². The van der Waals surface area contributed by atoms with Crippen LogP contribution in [0.15, 0.2) is 24.4 Å². The van der Waals surface area contributed by atoms with Crippen molar-refractivity contribution in [1.82, 2.24) is 9.88 Å². The second kappa shape index (κ2) is 6.08. The SMILES string of the molecule is CC(C)(C)NCc1cn(CCC(N)=O)c2cc(Cl)ccc12.